The van der Waals surface area contributed by atoms with Crippen molar-refractivity contribution in [2.75, 3.05) is 26.2 Å². The third kappa shape index (κ3) is 5.65. The maximum Gasteiger partial charge on any atom is 0.251 e. The van der Waals surface area contributed by atoms with Crippen molar-refractivity contribution in [1.82, 2.24) is 15.5 Å². The van der Waals surface area contributed by atoms with E-state index in [4.69, 9.17) is 4.42 Å². The molecule has 0 bridgehead atoms. The van der Waals surface area contributed by atoms with Crippen LogP contribution in [-0.2, 0) is 4.79 Å². The van der Waals surface area contributed by atoms with E-state index in [2.05, 4.69) is 15.5 Å². The number of hydrogen-bond donors (Lipinski definition) is 2. The lowest BCUT2D eigenvalue weighted by molar-refractivity contribution is -0.120. The third-order valence-electron chi connectivity index (χ3n) is 5.86. The molecule has 0 saturated carbocycles. The SMILES string of the molecule is O=C(CNC(=O)c1ccc(-c2ccccc2)cc1)NCC(c1ccco1)N1CCCCC1. The zero-order valence-corrected chi connectivity index (χ0v) is 18.1. The highest BCUT2D eigenvalue weighted by Crippen LogP contribution is 2.24. The molecule has 32 heavy (non-hydrogen) atoms. The second-order valence-corrected chi connectivity index (χ2v) is 8.06. The van der Waals surface area contributed by atoms with Crippen LogP contribution in [0.4, 0.5) is 0 Å². The number of piperidine rings is 1. The topological polar surface area (TPSA) is 74.6 Å². The van der Waals surface area contributed by atoms with E-state index in [0.717, 1.165) is 42.8 Å². The molecule has 2 amide bonds. The van der Waals surface area contributed by atoms with Crippen LogP contribution in [0.5, 0.6) is 0 Å². The van der Waals surface area contributed by atoms with Gasteiger partial charge < -0.3 is 15.1 Å². The molecule has 1 aliphatic heterocycles. The van der Waals surface area contributed by atoms with Gasteiger partial charge in [-0.1, -0.05) is 48.9 Å². The number of nitrogens with zero attached hydrogens (tertiary/aromatic N) is 1. The first kappa shape index (κ1) is 21.8. The Morgan fingerprint density at radius 2 is 1.56 bits per heavy atom. The Balaban J connectivity index is 1.28. The van der Waals surface area contributed by atoms with Crippen molar-refractivity contribution in [3.05, 3.63) is 84.3 Å². The van der Waals surface area contributed by atoms with Crippen LogP contribution in [0, 0.1) is 0 Å². The zero-order valence-electron chi connectivity index (χ0n) is 18.1. The molecule has 1 fully saturated rings. The lowest BCUT2D eigenvalue weighted by Crippen LogP contribution is -2.43. The highest BCUT2D eigenvalue weighted by atomic mass is 16.3. The highest BCUT2D eigenvalue weighted by molar-refractivity contribution is 5.96. The van der Waals surface area contributed by atoms with Gasteiger partial charge in [0.15, 0.2) is 0 Å². The lowest BCUT2D eigenvalue weighted by Gasteiger charge is -2.33. The van der Waals surface area contributed by atoms with E-state index < -0.39 is 0 Å². The van der Waals surface area contributed by atoms with Gasteiger partial charge in [0.25, 0.3) is 5.91 Å². The Bertz CT molecular complexity index is 995. The summed E-state index contributed by atoms with van der Waals surface area (Å²) in [7, 11) is 0. The number of carbonyl (C=O) groups is 2. The molecule has 0 radical (unpaired) electrons. The van der Waals surface area contributed by atoms with E-state index in [-0.39, 0.29) is 24.4 Å². The highest BCUT2D eigenvalue weighted by Gasteiger charge is 2.24. The summed E-state index contributed by atoms with van der Waals surface area (Å²) in [6.45, 7) is 2.38. The summed E-state index contributed by atoms with van der Waals surface area (Å²) in [5.41, 5.74) is 2.67. The van der Waals surface area contributed by atoms with E-state index in [9.17, 15) is 9.59 Å². The molecule has 4 rings (SSSR count). The van der Waals surface area contributed by atoms with Crippen molar-refractivity contribution < 1.29 is 14.0 Å². The maximum atomic E-state index is 12.5. The maximum absolute atomic E-state index is 12.5. The largest absolute Gasteiger partial charge is 0.468 e. The van der Waals surface area contributed by atoms with Crippen LogP contribution in [0.3, 0.4) is 0 Å². The molecule has 1 saturated heterocycles. The summed E-state index contributed by atoms with van der Waals surface area (Å²) in [6.07, 6.45) is 5.22. The molecule has 0 spiro atoms. The van der Waals surface area contributed by atoms with Crippen molar-refractivity contribution in [2.45, 2.75) is 25.3 Å². The number of benzene rings is 2. The first-order chi connectivity index (χ1) is 15.7. The number of carbonyl (C=O) groups excluding carboxylic acids is 2. The summed E-state index contributed by atoms with van der Waals surface area (Å²) >= 11 is 0. The van der Waals surface area contributed by atoms with E-state index >= 15 is 0 Å². The smallest absolute Gasteiger partial charge is 0.251 e. The molecular formula is C26H29N3O3. The van der Waals surface area contributed by atoms with Gasteiger partial charge in [0, 0.05) is 12.1 Å². The van der Waals surface area contributed by atoms with Gasteiger partial charge in [0.05, 0.1) is 18.8 Å². The van der Waals surface area contributed by atoms with Crippen molar-refractivity contribution in [3.8, 4) is 11.1 Å². The van der Waals surface area contributed by atoms with Crippen molar-refractivity contribution in [1.29, 1.82) is 0 Å². The summed E-state index contributed by atoms with van der Waals surface area (Å²) in [5.74, 6) is 0.376. The molecule has 3 aromatic rings. The van der Waals surface area contributed by atoms with Gasteiger partial charge in [-0.05, 0) is 61.3 Å². The van der Waals surface area contributed by atoms with Gasteiger partial charge in [-0.3, -0.25) is 14.5 Å². The number of nitrogens with one attached hydrogen (secondary N) is 2. The minimum absolute atomic E-state index is 0.00971. The minimum Gasteiger partial charge on any atom is -0.468 e. The van der Waals surface area contributed by atoms with Crippen LogP contribution in [0.25, 0.3) is 11.1 Å². The third-order valence-corrected chi connectivity index (χ3v) is 5.86. The van der Waals surface area contributed by atoms with Gasteiger partial charge in [-0.15, -0.1) is 0 Å². The number of amides is 2. The molecule has 0 aliphatic carbocycles. The molecule has 166 valence electrons. The van der Waals surface area contributed by atoms with Crippen LogP contribution in [-0.4, -0.2) is 42.9 Å². The van der Waals surface area contributed by atoms with Crippen molar-refractivity contribution in [2.24, 2.45) is 0 Å². The standard InChI is InChI=1S/C26H29N3O3/c30-25(27-18-23(24-10-7-17-32-24)29-15-5-2-6-16-29)19-28-26(31)22-13-11-21(12-14-22)20-8-3-1-4-9-20/h1,3-4,7-14,17,23H,2,5-6,15-16,18-19H2,(H,27,30)(H,28,31). The average molecular weight is 432 g/mol. The Labute approximate surface area is 188 Å². The Kier molecular flexibility index (Phi) is 7.35. The average Bonchev–Trinajstić information content (AvgIpc) is 3.39. The van der Waals surface area contributed by atoms with Crippen LogP contribution in [0.15, 0.2) is 77.4 Å². The summed E-state index contributed by atoms with van der Waals surface area (Å²) in [5, 5.41) is 5.66. The fourth-order valence-electron chi connectivity index (χ4n) is 4.10. The molecule has 2 N–H and O–H groups in total. The predicted octanol–water partition coefficient (Wildman–Crippen LogP) is 4.02. The second-order valence-electron chi connectivity index (χ2n) is 8.06. The summed E-state index contributed by atoms with van der Waals surface area (Å²) in [6, 6.07) is 21.2. The van der Waals surface area contributed by atoms with E-state index in [1.54, 1.807) is 18.4 Å². The molecule has 1 aliphatic rings. The zero-order chi connectivity index (χ0) is 22.2. The first-order valence-electron chi connectivity index (χ1n) is 11.2. The summed E-state index contributed by atoms with van der Waals surface area (Å²) in [4.78, 5) is 27.2. The molecule has 6 nitrogen and oxygen atoms in total. The number of likely N-dealkylation sites (tertiary alicyclic amines) is 1. The first-order valence-corrected chi connectivity index (χ1v) is 11.2. The van der Waals surface area contributed by atoms with Crippen LogP contribution >= 0.6 is 0 Å². The van der Waals surface area contributed by atoms with E-state index in [1.807, 2.05) is 54.6 Å². The molecule has 6 heteroatoms. The van der Waals surface area contributed by atoms with Gasteiger partial charge >= 0.3 is 0 Å². The number of hydrogen-bond acceptors (Lipinski definition) is 4. The van der Waals surface area contributed by atoms with Crippen LogP contribution < -0.4 is 10.6 Å². The lowest BCUT2D eigenvalue weighted by atomic mass is 10.0. The molecule has 2 aromatic carbocycles. The quantitative estimate of drug-likeness (QED) is 0.565. The van der Waals surface area contributed by atoms with Crippen LogP contribution in [0.2, 0.25) is 0 Å². The van der Waals surface area contributed by atoms with Gasteiger partial charge in [0.2, 0.25) is 5.91 Å². The number of furan rings is 1. The monoisotopic (exact) mass is 431 g/mol. The second kappa shape index (κ2) is 10.8. The Hall–Kier alpha value is -3.38. The molecule has 1 atom stereocenters. The van der Waals surface area contributed by atoms with Gasteiger partial charge in [-0.2, -0.15) is 0 Å². The minimum atomic E-state index is -0.265. The van der Waals surface area contributed by atoms with Crippen molar-refractivity contribution in [3.63, 3.8) is 0 Å². The fraction of sp³-hybridized carbons (Fsp3) is 0.308. The van der Waals surface area contributed by atoms with Crippen LogP contribution in [0.1, 0.15) is 41.4 Å². The van der Waals surface area contributed by atoms with Gasteiger partial charge in [-0.25, -0.2) is 0 Å². The summed E-state index contributed by atoms with van der Waals surface area (Å²) < 4.78 is 5.62. The number of rotatable bonds is 8. The molecule has 1 aromatic heterocycles. The van der Waals surface area contributed by atoms with Gasteiger partial charge in [0.1, 0.15) is 5.76 Å². The van der Waals surface area contributed by atoms with E-state index in [0.29, 0.717) is 12.1 Å². The predicted molar refractivity (Wildman–Crippen MR) is 124 cm³/mol. The normalized spacial score (nSPS) is 15.1. The molecular weight excluding hydrogens is 402 g/mol. The Morgan fingerprint density at radius 1 is 0.844 bits per heavy atom. The van der Waals surface area contributed by atoms with Crippen molar-refractivity contribution >= 4 is 11.8 Å². The fourth-order valence-corrected chi connectivity index (χ4v) is 4.10. The Morgan fingerprint density at radius 3 is 2.25 bits per heavy atom. The van der Waals surface area contributed by atoms with E-state index in [1.165, 1.54) is 6.42 Å². The molecule has 2 heterocycles. The molecule has 1 unspecified atom stereocenters.